The number of aliphatic hydroxyl groups is 1. The molecule has 3 aromatic carbocycles. The van der Waals surface area contributed by atoms with E-state index in [0.717, 1.165) is 43.1 Å². The molecular weight excluding hydrogens is 494 g/mol. The molecule has 5 rings (SSSR count). The number of amides is 1. The van der Waals surface area contributed by atoms with Crippen molar-refractivity contribution >= 4 is 11.7 Å². The predicted octanol–water partition coefficient (Wildman–Crippen LogP) is 3.90. The van der Waals surface area contributed by atoms with Gasteiger partial charge in [0.05, 0.1) is 6.04 Å². The number of hydrogen-bond acceptors (Lipinski definition) is 6. The molecule has 1 saturated heterocycles. The molecule has 0 spiro atoms. The molecule has 2 heterocycles. The summed E-state index contributed by atoms with van der Waals surface area (Å²) in [5.74, 6) is -2.47. The van der Waals surface area contributed by atoms with Gasteiger partial charge in [-0.3, -0.25) is 9.59 Å². The van der Waals surface area contributed by atoms with E-state index >= 15 is 0 Å². The zero-order valence-electron chi connectivity index (χ0n) is 20.7. The van der Waals surface area contributed by atoms with Crippen LogP contribution in [0.25, 0.3) is 11.1 Å². The Morgan fingerprint density at radius 2 is 1.55 bits per heavy atom. The van der Waals surface area contributed by atoms with E-state index in [9.17, 15) is 23.5 Å². The molecule has 1 fully saturated rings. The first-order valence-corrected chi connectivity index (χ1v) is 12.6. The van der Waals surface area contributed by atoms with Crippen LogP contribution in [-0.4, -0.2) is 60.6 Å². The normalized spacial score (nSPS) is 16.6. The average Bonchev–Trinajstić information content (AvgIpc) is 3.45. The SMILES string of the molecule is O=C(N[C@H](CN1CCCC1)[C@@H](O)c1cc(F)c2c(c1)OCCO2)C(=O)c1ccc(-c2ccc(F)cc2)cc1. The summed E-state index contributed by atoms with van der Waals surface area (Å²) >= 11 is 0. The third kappa shape index (κ3) is 5.69. The number of benzene rings is 3. The highest BCUT2D eigenvalue weighted by molar-refractivity contribution is 6.42. The van der Waals surface area contributed by atoms with Crippen LogP contribution in [0.15, 0.2) is 60.7 Å². The molecule has 2 aliphatic rings. The number of rotatable bonds is 8. The van der Waals surface area contributed by atoms with Gasteiger partial charge in [-0.2, -0.15) is 0 Å². The van der Waals surface area contributed by atoms with Crippen molar-refractivity contribution < 1.29 is 33.0 Å². The van der Waals surface area contributed by atoms with E-state index in [1.807, 2.05) is 0 Å². The summed E-state index contributed by atoms with van der Waals surface area (Å²) in [5.41, 5.74) is 1.93. The minimum atomic E-state index is -1.29. The second kappa shape index (κ2) is 11.3. The quantitative estimate of drug-likeness (QED) is 0.345. The third-order valence-corrected chi connectivity index (χ3v) is 6.84. The highest BCUT2D eigenvalue weighted by Crippen LogP contribution is 2.36. The molecule has 2 atom stereocenters. The zero-order chi connectivity index (χ0) is 26.6. The molecule has 0 aromatic heterocycles. The minimum Gasteiger partial charge on any atom is -0.486 e. The van der Waals surface area contributed by atoms with Crippen LogP contribution >= 0.6 is 0 Å². The van der Waals surface area contributed by atoms with Crippen LogP contribution in [0.5, 0.6) is 11.5 Å². The van der Waals surface area contributed by atoms with E-state index < -0.39 is 29.7 Å². The summed E-state index contributed by atoms with van der Waals surface area (Å²) in [6, 6.07) is 14.2. The van der Waals surface area contributed by atoms with E-state index in [1.54, 1.807) is 24.3 Å². The molecule has 2 aliphatic heterocycles. The predicted molar refractivity (Wildman–Crippen MR) is 136 cm³/mol. The molecule has 38 heavy (non-hydrogen) atoms. The van der Waals surface area contributed by atoms with Gasteiger partial charge in [-0.1, -0.05) is 36.4 Å². The summed E-state index contributed by atoms with van der Waals surface area (Å²) in [4.78, 5) is 28.1. The molecule has 198 valence electrons. The molecule has 0 saturated carbocycles. The lowest BCUT2D eigenvalue weighted by Gasteiger charge is -2.29. The van der Waals surface area contributed by atoms with Crippen molar-refractivity contribution in [2.45, 2.75) is 25.0 Å². The van der Waals surface area contributed by atoms with Crippen LogP contribution in [0.3, 0.4) is 0 Å². The van der Waals surface area contributed by atoms with Gasteiger partial charge in [-0.05, 0) is 66.9 Å². The first-order valence-electron chi connectivity index (χ1n) is 12.6. The van der Waals surface area contributed by atoms with Crippen LogP contribution in [0.1, 0.15) is 34.9 Å². The number of aliphatic hydroxyl groups excluding tert-OH is 1. The molecule has 0 aliphatic carbocycles. The number of nitrogens with one attached hydrogen (secondary N) is 1. The van der Waals surface area contributed by atoms with Gasteiger partial charge in [0.2, 0.25) is 5.78 Å². The van der Waals surface area contributed by atoms with Crippen molar-refractivity contribution in [3.05, 3.63) is 83.4 Å². The Morgan fingerprint density at radius 3 is 2.24 bits per heavy atom. The topological polar surface area (TPSA) is 88.1 Å². The number of nitrogens with zero attached hydrogens (tertiary/aromatic N) is 1. The summed E-state index contributed by atoms with van der Waals surface area (Å²) in [6.45, 7) is 2.38. The fourth-order valence-corrected chi connectivity index (χ4v) is 4.82. The Morgan fingerprint density at radius 1 is 0.921 bits per heavy atom. The van der Waals surface area contributed by atoms with Gasteiger partial charge in [-0.25, -0.2) is 8.78 Å². The summed E-state index contributed by atoms with van der Waals surface area (Å²) in [5, 5.41) is 13.9. The van der Waals surface area contributed by atoms with Gasteiger partial charge in [0.1, 0.15) is 25.1 Å². The van der Waals surface area contributed by atoms with Crippen LogP contribution in [0, 0.1) is 11.6 Å². The minimum absolute atomic E-state index is 0.00779. The lowest BCUT2D eigenvalue weighted by Crippen LogP contribution is -2.48. The van der Waals surface area contributed by atoms with Crippen LogP contribution in [0.4, 0.5) is 8.78 Å². The summed E-state index contributed by atoms with van der Waals surface area (Å²) < 4.78 is 38.7. The average molecular weight is 523 g/mol. The Bertz CT molecular complexity index is 1310. The Balaban J connectivity index is 1.33. The van der Waals surface area contributed by atoms with Crippen molar-refractivity contribution in [2.24, 2.45) is 0 Å². The molecule has 1 amide bonds. The second-order valence-electron chi connectivity index (χ2n) is 9.47. The highest BCUT2D eigenvalue weighted by atomic mass is 19.1. The molecule has 7 nitrogen and oxygen atoms in total. The largest absolute Gasteiger partial charge is 0.486 e. The number of carbonyl (C=O) groups excluding carboxylic acids is 2. The zero-order valence-corrected chi connectivity index (χ0v) is 20.7. The number of likely N-dealkylation sites (tertiary alicyclic amines) is 1. The molecule has 0 radical (unpaired) electrons. The highest BCUT2D eigenvalue weighted by Gasteiger charge is 2.31. The molecule has 0 bridgehead atoms. The summed E-state index contributed by atoms with van der Waals surface area (Å²) in [6.07, 6.45) is 0.697. The first kappa shape index (κ1) is 25.8. The third-order valence-electron chi connectivity index (χ3n) is 6.84. The molecule has 3 aromatic rings. The molecular formula is C29H28F2N2O5. The van der Waals surface area contributed by atoms with Gasteiger partial charge in [-0.15, -0.1) is 0 Å². The van der Waals surface area contributed by atoms with Crippen LogP contribution in [-0.2, 0) is 4.79 Å². The molecule has 2 N–H and O–H groups in total. The number of hydrogen-bond donors (Lipinski definition) is 2. The van der Waals surface area contributed by atoms with Crippen LogP contribution in [0.2, 0.25) is 0 Å². The van der Waals surface area contributed by atoms with Crippen LogP contribution < -0.4 is 14.8 Å². The van der Waals surface area contributed by atoms with Crippen molar-refractivity contribution in [1.82, 2.24) is 10.2 Å². The standard InChI is InChI=1S/C29H28F2N2O5/c30-22-9-7-19(8-10-22)18-3-5-20(6-4-18)27(35)29(36)32-24(17-33-11-1-2-12-33)26(34)21-15-23(31)28-25(16-21)37-13-14-38-28/h3-10,15-16,24,26,34H,1-2,11-14,17H2,(H,32,36)/t24-,26+/m1/s1. The maximum absolute atomic E-state index is 14.7. The lowest BCUT2D eigenvalue weighted by molar-refractivity contribution is -0.118. The van der Waals surface area contributed by atoms with Gasteiger partial charge in [0, 0.05) is 12.1 Å². The van der Waals surface area contributed by atoms with E-state index in [2.05, 4.69) is 10.2 Å². The maximum atomic E-state index is 14.7. The van der Waals surface area contributed by atoms with Crippen molar-refractivity contribution in [1.29, 1.82) is 0 Å². The Labute approximate surface area is 219 Å². The van der Waals surface area contributed by atoms with E-state index in [4.69, 9.17) is 9.47 Å². The van der Waals surface area contributed by atoms with Gasteiger partial charge < -0.3 is 24.8 Å². The number of ether oxygens (including phenoxy) is 2. The number of ketones is 1. The van der Waals surface area contributed by atoms with E-state index in [-0.39, 0.29) is 41.7 Å². The summed E-state index contributed by atoms with van der Waals surface area (Å²) in [7, 11) is 0. The fourth-order valence-electron chi connectivity index (χ4n) is 4.82. The van der Waals surface area contributed by atoms with E-state index in [0.29, 0.717) is 6.54 Å². The Hall–Kier alpha value is -3.82. The fraction of sp³-hybridized carbons (Fsp3) is 0.310. The number of halogens is 2. The van der Waals surface area contributed by atoms with Crippen molar-refractivity contribution in [3.63, 3.8) is 0 Å². The van der Waals surface area contributed by atoms with Crippen molar-refractivity contribution in [2.75, 3.05) is 32.8 Å². The molecule has 9 heteroatoms. The lowest BCUT2D eigenvalue weighted by atomic mass is 9.99. The van der Waals surface area contributed by atoms with Gasteiger partial charge in [0.25, 0.3) is 5.91 Å². The van der Waals surface area contributed by atoms with Crippen molar-refractivity contribution in [3.8, 4) is 22.6 Å². The Kier molecular flexibility index (Phi) is 7.67. The van der Waals surface area contributed by atoms with E-state index in [1.165, 1.54) is 30.3 Å². The van der Waals surface area contributed by atoms with Gasteiger partial charge >= 0.3 is 0 Å². The number of carbonyl (C=O) groups is 2. The monoisotopic (exact) mass is 522 g/mol. The number of Topliss-reactive ketones (excluding diaryl/α,β-unsaturated/α-hetero) is 1. The van der Waals surface area contributed by atoms with Gasteiger partial charge in [0.15, 0.2) is 17.3 Å². The molecule has 0 unspecified atom stereocenters. The maximum Gasteiger partial charge on any atom is 0.292 e. The smallest absolute Gasteiger partial charge is 0.292 e. The second-order valence-corrected chi connectivity index (χ2v) is 9.47. The first-order chi connectivity index (χ1) is 18.4. The number of fused-ring (bicyclic) bond motifs is 1.